The highest BCUT2D eigenvalue weighted by Crippen LogP contribution is 2.26. The number of hydrogen-bond donors (Lipinski definition) is 1. The summed E-state index contributed by atoms with van der Waals surface area (Å²) in [4.78, 5) is 8.31. The van der Waals surface area contributed by atoms with Crippen LogP contribution >= 0.6 is 23.2 Å². The number of aromatic nitrogens is 3. The first-order chi connectivity index (χ1) is 8.61. The molecule has 2 aromatic heterocycles. The molecule has 0 aliphatic carbocycles. The molecule has 0 saturated heterocycles. The first-order valence-electron chi connectivity index (χ1n) is 5.68. The molecule has 0 unspecified atom stereocenters. The van der Waals surface area contributed by atoms with Crippen molar-refractivity contribution < 1.29 is 0 Å². The molecule has 2 heterocycles. The molecule has 96 valence electrons. The molecule has 0 radical (unpaired) electrons. The molecule has 2 rings (SSSR count). The molecular weight excluding hydrogens is 271 g/mol. The van der Waals surface area contributed by atoms with Gasteiger partial charge in [-0.3, -0.25) is 0 Å². The Morgan fingerprint density at radius 2 is 2.17 bits per heavy atom. The van der Waals surface area contributed by atoms with Crippen molar-refractivity contribution in [3.8, 4) is 0 Å². The van der Waals surface area contributed by atoms with Crippen molar-refractivity contribution in [2.24, 2.45) is 0 Å². The minimum atomic E-state index is 0.384. The van der Waals surface area contributed by atoms with Gasteiger partial charge in [0, 0.05) is 18.9 Å². The highest BCUT2D eigenvalue weighted by molar-refractivity contribution is 6.34. The zero-order valence-corrected chi connectivity index (χ0v) is 11.8. The van der Waals surface area contributed by atoms with Crippen molar-refractivity contribution in [1.29, 1.82) is 0 Å². The quantitative estimate of drug-likeness (QED) is 0.874. The van der Waals surface area contributed by atoms with Gasteiger partial charge in [0.15, 0.2) is 5.15 Å². The lowest BCUT2D eigenvalue weighted by molar-refractivity contribution is 0.708. The second kappa shape index (κ2) is 5.59. The topological polar surface area (TPSA) is 42.7 Å². The fourth-order valence-corrected chi connectivity index (χ4v) is 2.37. The third kappa shape index (κ3) is 2.76. The van der Waals surface area contributed by atoms with Crippen LogP contribution in [0.2, 0.25) is 10.3 Å². The summed E-state index contributed by atoms with van der Waals surface area (Å²) < 4.78 is 2.07. The zero-order valence-electron chi connectivity index (χ0n) is 10.2. The van der Waals surface area contributed by atoms with Gasteiger partial charge in [0.05, 0.1) is 12.2 Å². The van der Waals surface area contributed by atoms with Crippen LogP contribution in [0.25, 0.3) is 0 Å². The summed E-state index contributed by atoms with van der Waals surface area (Å²) in [6.07, 6.45) is 3.74. The summed E-state index contributed by atoms with van der Waals surface area (Å²) in [5.41, 5.74) is 1.77. The molecule has 0 spiro atoms. The standard InChI is InChI=1S/C12H14Cl2N4/c1-3-18-5-4-15-10(18)7-16-11-8(2)6-9(13)17-12(11)14/h4-6,16H,3,7H2,1-2H3. The molecule has 0 saturated carbocycles. The third-order valence-electron chi connectivity index (χ3n) is 2.71. The molecule has 0 amide bonds. The van der Waals surface area contributed by atoms with Gasteiger partial charge in [-0.2, -0.15) is 0 Å². The van der Waals surface area contributed by atoms with Crippen LogP contribution in [0, 0.1) is 6.92 Å². The van der Waals surface area contributed by atoms with Gasteiger partial charge in [0.2, 0.25) is 0 Å². The molecule has 0 aliphatic rings. The van der Waals surface area contributed by atoms with Gasteiger partial charge in [-0.05, 0) is 25.5 Å². The van der Waals surface area contributed by atoms with Crippen molar-refractivity contribution in [1.82, 2.24) is 14.5 Å². The Kier molecular flexibility index (Phi) is 4.09. The fourth-order valence-electron chi connectivity index (χ4n) is 1.77. The summed E-state index contributed by atoms with van der Waals surface area (Å²) in [5, 5.41) is 4.03. The Labute approximate surface area is 116 Å². The number of anilines is 1. The molecule has 0 atom stereocenters. The molecule has 0 bridgehead atoms. The van der Waals surface area contributed by atoms with E-state index in [4.69, 9.17) is 23.2 Å². The van der Waals surface area contributed by atoms with Crippen LogP contribution in [0.1, 0.15) is 18.3 Å². The predicted octanol–water partition coefficient (Wildman–Crippen LogP) is 3.53. The van der Waals surface area contributed by atoms with Crippen molar-refractivity contribution in [2.45, 2.75) is 26.9 Å². The van der Waals surface area contributed by atoms with Crippen LogP contribution in [-0.4, -0.2) is 14.5 Å². The summed E-state index contributed by atoms with van der Waals surface area (Å²) in [5.74, 6) is 0.961. The van der Waals surface area contributed by atoms with Crippen LogP contribution in [-0.2, 0) is 13.1 Å². The number of hydrogen-bond acceptors (Lipinski definition) is 3. The van der Waals surface area contributed by atoms with E-state index in [0.717, 1.165) is 23.6 Å². The normalized spacial score (nSPS) is 10.7. The molecule has 0 fully saturated rings. The van der Waals surface area contributed by atoms with Crippen LogP contribution < -0.4 is 5.32 Å². The van der Waals surface area contributed by atoms with Gasteiger partial charge in [-0.25, -0.2) is 9.97 Å². The van der Waals surface area contributed by atoms with Crippen molar-refractivity contribution in [3.63, 3.8) is 0 Å². The molecular formula is C12H14Cl2N4. The molecule has 18 heavy (non-hydrogen) atoms. The number of halogens is 2. The van der Waals surface area contributed by atoms with Crippen LogP contribution in [0.3, 0.4) is 0 Å². The highest BCUT2D eigenvalue weighted by Gasteiger charge is 2.08. The Bertz CT molecular complexity index is 528. The lowest BCUT2D eigenvalue weighted by atomic mass is 10.2. The SMILES string of the molecule is CCn1ccnc1CNc1c(C)cc(Cl)nc1Cl. The van der Waals surface area contributed by atoms with E-state index in [1.54, 1.807) is 12.3 Å². The third-order valence-corrected chi connectivity index (χ3v) is 3.17. The monoisotopic (exact) mass is 284 g/mol. The molecule has 2 aromatic rings. The van der Waals surface area contributed by atoms with Crippen LogP contribution in [0.5, 0.6) is 0 Å². The average molecular weight is 285 g/mol. The molecule has 4 nitrogen and oxygen atoms in total. The summed E-state index contributed by atoms with van der Waals surface area (Å²) >= 11 is 11.9. The van der Waals surface area contributed by atoms with E-state index < -0.39 is 0 Å². The first-order valence-corrected chi connectivity index (χ1v) is 6.44. The summed E-state index contributed by atoms with van der Waals surface area (Å²) in [6, 6.07) is 1.78. The van der Waals surface area contributed by atoms with Crippen LogP contribution in [0.15, 0.2) is 18.5 Å². The van der Waals surface area contributed by atoms with E-state index in [0.29, 0.717) is 16.9 Å². The fraction of sp³-hybridized carbons (Fsp3) is 0.333. The van der Waals surface area contributed by atoms with E-state index in [2.05, 4.69) is 26.8 Å². The Balaban J connectivity index is 2.16. The van der Waals surface area contributed by atoms with Crippen molar-refractivity contribution in [2.75, 3.05) is 5.32 Å². The van der Waals surface area contributed by atoms with Gasteiger partial charge in [0.1, 0.15) is 11.0 Å². The Morgan fingerprint density at radius 1 is 1.39 bits per heavy atom. The maximum atomic E-state index is 6.06. The molecule has 0 aromatic carbocycles. The van der Waals surface area contributed by atoms with Gasteiger partial charge in [0.25, 0.3) is 0 Å². The maximum absolute atomic E-state index is 6.06. The predicted molar refractivity (Wildman–Crippen MR) is 74.2 cm³/mol. The average Bonchev–Trinajstić information content (AvgIpc) is 2.75. The van der Waals surface area contributed by atoms with Gasteiger partial charge in [-0.1, -0.05) is 23.2 Å². The smallest absolute Gasteiger partial charge is 0.154 e. The number of nitrogens with zero attached hydrogens (tertiary/aromatic N) is 3. The summed E-state index contributed by atoms with van der Waals surface area (Å²) in [6.45, 7) is 5.51. The van der Waals surface area contributed by atoms with Crippen molar-refractivity contribution in [3.05, 3.63) is 40.2 Å². The zero-order chi connectivity index (χ0) is 13.1. The number of rotatable bonds is 4. The lowest BCUT2D eigenvalue weighted by Gasteiger charge is -2.11. The largest absolute Gasteiger partial charge is 0.375 e. The minimum Gasteiger partial charge on any atom is -0.375 e. The van der Waals surface area contributed by atoms with E-state index in [-0.39, 0.29) is 0 Å². The van der Waals surface area contributed by atoms with Crippen molar-refractivity contribution >= 4 is 28.9 Å². The molecule has 6 heteroatoms. The van der Waals surface area contributed by atoms with Gasteiger partial charge >= 0.3 is 0 Å². The van der Waals surface area contributed by atoms with Gasteiger partial charge < -0.3 is 9.88 Å². The number of imidazole rings is 1. The number of pyridine rings is 1. The van der Waals surface area contributed by atoms with E-state index >= 15 is 0 Å². The second-order valence-corrected chi connectivity index (χ2v) is 4.66. The molecule has 1 N–H and O–H groups in total. The van der Waals surface area contributed by atoms with E-state index in [9.17, 15) is 0 Å². The van der Waals surface area contributed by atoms with E-state index in [1.807, 2.05) is 13.1 Å². The van der Waals surface area contributed by atoms with Gasteiger partial charge in [-0.15, -0.1) is 0 Å². The summed E-state index contributed by atoms with van der Waals surface area (Å²) in [7, 11) is 0. The first kappa shape index (κ1) is 13.2. The minimum absolute atomic E-state index is 0.384. The van der Waals surface area contributed by atoms with Crippen LogP contribution in [0.4, 0.5) is 5.69 Å². The molecule has 0 aliphatic heterocycles. The van der Waals surface area contributed by atoms with E-state index in [1.165, 1.54) is 0 Å². The lowest BCUT2D eigenvalue weighted by Crippen LogP contribution is -2.09. The number of aryl methyl sites for hydroxylation is 2. The highest BCUT2D eigenvalue weighted by atomic mass is 35.5. The Morgan fingerprint density at radius 3 is 2.83 bits per heavy atom. The Hall–Kier alpha value is -1.26. The second-order valence-electron chi connectivity index (χ2n) is 3.91. The number of nitrogens with one attached hydrogen (secondary N) is 1. The maximum Gasteiger partial charge on any atom is 0.154 e.